The molecule has 0 aliphatic rings. The maximum Gasteiger partial charge on any atom is 0.246 e. The molecule has 2 aromatic heterocycles. The number of aryl methyl sites for hydroxylation is 1. The third-order valence-corrected chi connectivity index (χ3v) is 1.74. The highest BCUT2D eigenvalue weighted by atomic mass is 16.5. The fourth-order valence-corrected chi connectivity index (χ4v) is 1.14. The van der Waals surface area contributed by atoms with Crippen LogP contribution in [0.1, 0.15) is 20.8 Å². The Morgan fingerprint density at radius 2 is 1.88 bits per heavy atom. The van der Waals surface area contributed by atoms with Crippen molar-refractivity contribution in [1.29, 1.82) is 0 Å². The highest BCUT2D eigenvalue weighted by molar-refractivity contribution is 5.77. The van der Waals surface area contributed by atoms with E-state index in [0.717, 1.165) is 5.92 Å². The minimum atomic E-state index is 0.188. The largest absolute Gasteiger partial charge is 0.479 e. The van der Waals surface area contributed by atoms with E-state index < -0.39 is 0 Å². The van der Waals surface area contributed by atoms with Gasteiger partial charge in [0, 0.05) is 7.05 Å². The number of fused-ring (bicyclic) bond motifs is 1. The number of methoxy groups -OCH3 is 1. The number of hydrogen-bond acceptors (Lipinski definition) is 5. The first-order chi connectivity index (χ1) is 7.95. The number of nitrogen functional groups attached to an aromatic ring is 1. The number of imidazole rings is 1. The summed E-state index contributed by atoms with van der Waals surface area (Å²) >= 11 is 0. The zero-order chi connectivity index (χ0) is 13.0. The summed E-state index contributed by atoms with van der Waals surface area (Å²) in [6.07, 6.45) is 1.64. The van der Waals surface area contributed by atoms with Crippen molar-refractivity contribution in [2.75, 3.05) is 12.8 Å². The molecule has 6 nitrogen and oxygen atoms in total. The van der Waals surface area contributed by atoms with Crippen molar-refractivity contribution in [1.82, 2.24) is 19.5 Å². The van der Waals surface area contributed by atoms with Crippen LogP contribution in [0.3, 0.4) is 0 Å². The molecule has 0 fully saturated rings. The smallest absolute Gasteiger partial charge is 0.246 e. The third-order valence-electron chi connectivity index (χ3n) is 1.74. The second kappa shape index (κ2) is 5.47. The van der Waals surface area contributed by atoms with E-state index in [9.17, 15) is 0 Å². The Labute approximate surface area is 101 Å². The zero-order valence-electron chi connectivity index (χ0n) is 10.9. The summed E-state index contributed by atoms with van der Waals surface area (Å²) in [4.78, 5) is 12.0. The van der Waals surface area contributed by atoms with Crippen LogP contribution in [0.2, 0.25) is 0 Å². The van der Waals surface area contributed by atoms with Crippen LogP contribution in [0.25, 0.3) is 11.2 Å². The molecule has 0 aromatic carbocycles. The Morgan fingerprint density at radius 1 is 1.29 bits per heavy atom. The lowest BCUT2D eigenvalue weighted by Gasteiger charge is -2.00. The predicted molar refractivity (Wildman–Crippen MR) is 67.8 cm³/mol. The zero-order valence-corrected chi connectivity index (χ0v) is 10.9. The highest BCUT2D eigenvalue weighted by Gasteiger charge is 2.10. The fourth-order valence-electron chi connectivity index (χ4n) is 1.14. The van der Waals surface area contributed by atoms with Gasteiger partial charge in [0.2, 0.25) is 11.8 Å². The number of hydrogen-bond donors (Lipinski definition) is 1. The lowest BCUT2D eigenvalue weighted by molar-refractivity contribution is 0.402. The van der Waals surface area contributed by atoms with Crippen molar-refractivity contribution in [3.63, 3.8) is 0 Å². The molecule has 0 spiro atoms. The summed E-state index contributed by atoms with van der Waals surface area (Å²) in [6.45, 7) is 6.50. The summed E-state index contributed by atoms with van der Waals surface area (Å²) in [5.41, 5.74) is 6.78. The van der Waals surface area contributed by atoms with Gasteiger partial charge in [-0.05, 0) is 5.92 Å². The van der Waals surface area contributed by atoms with Crippen molar-refractivity contribution in [3.05, 3.63) is 6.33 Å². The average molecular weight is 237 g/mol. The van der Waals surface area contributed by atoms with Gasteiger partial charge in [0.1, 0.15) is 0 Å². The molecule has 0 saturated heterocycles. The Morgan fingerprint density at radius 3 is 2.41 bits per heavy atom. The standard InChI is InChI=1S/C7H9N5O.C4H10/c1-12-3-9-4-5(12)10-7(8)11-6(4)13-2;1-4(2)3/h3H,1-2H3,(H2,8,10,11);4H,1-3H3. The van der Waals surface area contributed by atoms with Crippen LogP contribution in [-0.4, -0.2) is 26.6 Å². The minimum absolute atomic E-state index is 0.188. The molecule has 0 aliphatic carbocycles. The number of rotatable bonds is 1. The molecule has 94 valence electrons. The van der Waals surface area contributed by atoms with Crippen LogP contribution in [0.15, 0.2) is 6.33 Å². The quantitative estimate of drug-likeness (QED) is 0.815. The maximum atomic E-state index is 5.48. The van der Waals surface area contributed by atoms with Gasteiger partial charge in [-0.2, -0.15) is 9.97 Å². The van der Waals surface area contributed by atoms with Gasteiger partial charge in [0.15, 0.2) is 11.2 Å². The first-order valence-corrected chi connectivity index (χ1v) is 5.44. The number of ether oxygens (including phenoxy) is 1. The van der Waals surface area contributed by atoms with Crippen LogP contribution < -0.4 is 10.5 Å². The number of nitrogens with zero attached hydrogens (tertiary/aromatic N) is 4. The summed E-state index contributed by atoms with van der Waals surface area (Å²) < 4.78 is 6.77. The second-order valence-corrected chi connectivity index (χ2v) is 4.35. The third kappa shape index (κ3) is 3.30. The van der Waals surface area contributed by atoms with Gasteiger partial charge in [-0.1, -0.05) is 20.8 Å². The van der Waals surface area contributed by atoms with Crippen molar-refractivity contribution in [2.24, 2.45) is 13.0 Å². The van der Waals surface area contributed by atoms with Gasteiger partial charge in [-0.3, -0.25) is 0 Å². The summed E-state index contributed by atoms with van der Waals surface area (Å²) in [5, 5.41) is 0. The number of aromatic nitrogens is 4. The molecule has 0 saturated carbocycles. The molecule has 6 heteroatoms. The Bertz CT molecular complexity index is 489. The van der Waals surface area contributed by atoms with Crippen LogP contribution >= 0.6 is 0 Å². The summed E-state index contributed by atoms with van der Waals surface area (Å²) in [6, 6.07) is 0. The van der Waals surface area contributed by atoms with Crippen LogP contribution in [0.4, 0.5) is 5.95 Å². The van der Waals surface area contributed by atoms with Crippen molar-refractivity contribution >= 4 is 17.1 Å². The average Bonchev–Trinajstić information content (AvgIpc) is 2.59. The second-order valence-electron chi connectivity index (χ2n) is 4.35. The molecular formula is C11H19N5O. The Hall–Kier alpha value is -1.85. The SMILES string of the molecule is CC(C)C.COc1nc(N)nc2c1ncn2C. The van der Waals surface area contributed by atoms with E-state index in [1.807, 2.05) is 7.05 Å². The molecule has 2 N–H and O–H groups in total. The molecule has 0 radical (unpaired) electrons. The van der Waals surface area contributed by atoms with E-state index in [2.05, 4.69) is 35.7 Å². The summed E-state index contributed by atoms with van der Waals surface area (Å²) in [5.74, 6) is 1.43. The van der Waals surface area contributed by atoms with E-state index in [1.165, 1.54) is 7.11 Å². The molecule has 0 amide bonds. The van der Waals surface area contributed by atoms with E-state index in [4.69, 9.17) is 10.5 Å². The van der Waals surface area contributed by atoms with Crippen LogP contribution in [0, 0.1) is 5.92 Å². The normalized spacial score (nSPS) is 10.2. The molecule has 0 unspecified atom stereocenters. The molecule has 2 heterocycles. The van der Waals surface area contributed by atoms with Crippen molar-refractivity contribution in [3.8, 4) is 5.88 Å². The summed E-state index contributed by atoms with van der Waals surface area (Å²) in [7, 11) is 3.36. The predicted octanol–water partition coefficient (Wildman–Crippen LogP) is 1.62. The first-order valence-electron chi connectivity index (χ1n) is 5.44. The number of anilines is 1. The molecule has 2 aromatic rings. The maximum absolute atomic E-state index is 5.48. The molecule has 0 bridgehead atoms. The lowest BCUT2D eigenvalue weighted by Crippen LogP contribution is -2.00. The molecule has 0 aliphatic heterocycles. The van der Waals surface area contributed by atoms with Gasteiger partial charge >= 0.3 is 0 Å². The van der Waals surface area contributed by atoms with E-state index >= 15 is 0 Å². The van der Waals surface area contributed by atoms with Gasteiger partial charge in [0.05, 0.1) is 13.4 Å². The van der Waals surface area contributed by atoms with E-state index in [1.54, 1.807) is 10.9 Å². The first kappa shape index (κ1) is 13.2. The van der Waals surface area contributed by atoms with Gasteiger partial charge < -0.3 is 15.0 Å². The lowest BCUT2D eigenvalue weighted by atomic mass is 10.3. The molecule has 0 atom stereocenters. The van der Waals surface area contributed by atoms with Crippen molar-refractivity contribution < 1.29 is 4.74 Å². The van der Waals surface area contributed by atoms with Gasteiger partial charge in [0.25, 0.3) is 0 Å². The van der Waals surface area contributed by atoms with Crippen molar-refractivity contribution in [2.45, 2.75) is 20.8 Å². The fraction of sp³-hybridized carbons (Fsp3) is 0.545. The topological polar surface area (TPSA) is 78.8 Å². The molecule has 17 heavy (non-hydrogen) atoms. The van der Waals surface area contributed by atoms with E-state index in [-0.39, 0.29) is 5.95 Å². The Kier molecular flexibility index (Phi) is 4.25. The number of nitrogens with two attached hydrogens (primary N) is 1. The minimum Gasteiger partial charge on any atom is -0.479 e. The molecular weight excluding hydrogens is 218 g/mol. The van der Waals surface area contributed by atoms with Crippen LogP contribution in [-0.2, 0) is 7.05 Å². The van der Waals surface area contributed by atoms with Gasteiger partial charge in [-0.15, -0.1) is 0 Å². The van der Waals surface area contributed by atoms with Gasteiger partial charge in [-0.25, -0.2) is 4.98 Å². The van der Waals surface area contributed by atoms with E-state index in [0.29, 0.717) is 17.0 Å². The van der Waals surface area contributed by atoms with Crippen LogP contribution in [0.5, 0.6) is 5.88 Å². The monoisotopic (exact) mass is 237 g/mol. The Balaban J connectivity index is 0.000000317. The highest BCUT2D eigenvalue weighted by Crippen LogP contribution is 2.20. The molecule has 2 rings (SSSR count).